The van der Waals surface area contributed by atoms with Crippen molar-refractivity contribution in [2.24, 2.45) is 0 Å². The third-order valence-electron chi connectivity index (χ3n) is 3.51. The highest BCUT2D eigenvalue weighted by Gasteiger charge is 2.10. The van der Waals surface area contributed by atoms with Gasteiger partial charge in [0.15, 0.2) is 17.3 Å². The molecule has 0 aliphatic heterocycles. The number of ketones is 1. The molecule has 0 fully saturated rings. The number of hydrogen-bond donors (Lipinski definition) is 1. The van der Waals surface area contributed by atoms with Crippen molar-refractivity contribution in [1.29, 1.82) is 0 Å². The summed E-state index contributed by atoms with van der Waals surface area (Å²) in [6.45, 7) is 0. The monoisotopic (exact) mass is 325 g/mol. The van der Waals surface area contributed by atoms with E-state index in [1.54, 1.807) is 56.6 Å². The van der Waals surface area contributed by atoms with Gasteiger partial charge in [0, 0.05) is 12.6 Å². The number of rotatable bonds is 6. The fraction of sp³-hybridized carbons (Fsp3) is 0.158. The Labute approximate surface area is 140 Å². The third-order valence-corrected chi connectivity index (χ3v) is 3.51. The van der Waals surface area contributed by atoms with Crippen molar-refractivity contribution in [2.45, 2.75) is 0 Å². The number of para-hydroxylation sites is 1. The average molecular weight is 325 g/mol. The zero-order valence-corrected chi connectivity index (χ0v) is 13.8. The van der Waals surface area contributed by atoms with Crippen LogP contribution in [0.2, 0.25) is 0 Å². The van der Waals surface area contributed by atoms with Crippen molar-refractivity contribution in [1.82, 2.24) is 0 Å². The first-order chi connectivity index (χ1) is 11.6. The predicted octanol–water partition coefficient (Wildman–Crippen LogP) is 3.00. The van der Waals surface area contributed by atoms with E-state index in [1.807, 2.05) is 0 Å². The van der Waals surface area contributed by atoms with E-state index < -0.39 is 0 Å². The first kappa shape index (κ1) is 17.3. The zero-order valence-electron chi connectivity index (χ0n) is 13.8. The van der Waals surface area contributed by atoms with Crippen molar-refractivity contribution >= 4 is 17.5 Å². The molecule has 0 bridgehead atoms. The van der Waals surface area contributed by atoms with Crippen molar-refractivity contribution in [3.8, 4) is 11.5 Å². The second kappa shape index (κ2) is 7.97. The lowest BCUT2D eigenvalue weighted by Gasteiger charge is -2.09. The Kier molecular flexibility index (Phi) is 5.73. The summed E-state index contributed by atoms with van der Waals surface area (Å²) >= 11 is 0. The van der Waals surface area contributed by atoms with Crippen molar-refractivity contribution in [2.75, 3.05) is 26.6 Å². The summed E-state index contributed by atoms with van der Waals surface area (Å²) in [7, 11) is 4.72. The summed E-state index contributed by atoms with van der Waals surface area (Å²) in [5.74, 6) is 0.721. The quantitative estimate of drug-likeness (QED) is 0.653. The van der Waals surface area contributed by atoms with Gasteiger partial charge in [-0.15, -0.1) is 0 Å². The molecule has 2 aromatic carbocycles. The molecule has 2 aromatic rings. The van der Waals surface area contributed by atoms with Gasteiger partial charge in [0.25, 0.3) is 0 Å². The van der Waals surface area contributed by atoms with Crippen LogP contribution in [0.25, 0.3) is 6.08 Å². The normalized spacial score (nSPS) is 10.5. The molecular weight excluding hydrogens is 306 g/mol. The van der Waals surface area contributed by atoms with Gasteiger partial charge in [-0.1, -0.05) is 24.3 Å². The number of anilines is 1. The Morgan fingerprint density at radius 1 is 1.04 bits per heavy atom. The molecule has 5 heteroatoms. The Morgan fingerprint density at radius 3 is 2.46 bits per heavy atom. The first-order valence-corrected chi connectivity index (χ1v) is 7.37. The molecule has 5 nitrogen and oxygen atoms in total. The molecule has 0 aliphatic rings. The van der Waals surface area contributed by atoms with Crippen molar-refractivity contribution in [3.05, 3.63) is 69.9 Å². The SMILES string of the molecule is CNc1ccccc(C(=O)/C=C/c2cccc(OC)c2OC)c1=O. The molecule has 0 unspecified atom stereocenters. The van der Waals surface area contributed by atoms with Gasteiger partial charge in [-0.3, -0.25) is 9.59 Å². The molecule has 0 radical (unpaired) electrons. The Balaban J connectivity index is 2.40. The number of hydrogen-bond acceptors (Lipinski definition) is 5. The van der Waals surface area contributed by atoms with E-state index in [0.29, 0.717) is 22.7 Å². The number of allylic oxidation sites excluding steroid dienone is 1. The van der Waals surface area contributed by atoms with E-state index in [9.17, 15) is 9.59 Å². The van der Waals surface area contributed by atoms with E-state index in [1.165, 1.54) is 19.3 Å². The van der Waals surface area contributed by atoms with E-state index in [4.69, 9.17) is 9.47 Å². The molecule has 124 valence electrons. The molecule has 1 N–H and O–H groups in total. The fourth-order valence-electron chi connectivity index (χ4n) is 2.29. The van der Waals surface area contributed by atoms with Gasteiger partial charge in [-0.05, 0) is 30.4 Å². The van der Waals surface area contributed by atoms with Gasteiger partial charge in [0.2, 0.25) is 5.43 Å². The van der Waals surface area contributed by atoms with Gasteiger partial charge in [0.05, 0.1) is 25.5 Å². The number of ether oxygens (including phenoxy) is 2. The second-order valence-electron chi connectivity index (χ2n) is 4.91. The maximum atomic E-state index is 12.4. The molecule has 0 amide bonds. The summed E-state index contributed by atoms with van der Waals surface area (Å²) in [4.78, 5) is 24.7. The molecule has 0 aliphatic carbocycles. The molecule has 0 saturated heterocycles. The summed E-state index contributed by atoms with van der Waals surface area (Å²) in [5.41, 5.74) is 0.819. The van der Waals surface area contributed by atoms with Gasteiger partial charge >= 0.3 is 0 Å². The molecule has 2 rings (SSSR count). The largest absolute Gasteiger partial charge is 0.493 e. The number of benzene rings is 1. The standard InChI is InChI=1S/C19H19NO4/c1-20-15-9-5-4-8-14(18(15)22)16(21)12-11-13-7-6-10-17(23-2)19(13)24-3/h4-12H,1-3H3,(H,20,22)/b12-11+. The Morgan fingerprint density at radius 2 is 1.79 bits per heavy atom. The predicted molar refractivity (Wildman–Crippen MR) is 95.2 cm³/mol. The molecular formula is C19H19NO4. The van der Waals surface area contributed by atoms with Crippen LogP contribution in [0.4, 0.5) is 5.69 Å². The number of methoxy groups -OCH3 is 2. The number of carbonyl (C=O) groups excluding carboxylic acids is 1. The van der Waals surface area contributed by atoms with E-state index in [0.717, 1.165) is 0 Å². The second-order valence-corrected chi connectivity index (χ2v) is 4.91. The zero-order chi connectivity index (χ0) is 17.5. The maximum Gasteiger partial charge on any atom is 0.212 e. The van der Waals surface area contributed by atoms with Crippen molar-refractivity contribution < 1.29 is 14.3 Å². The van der Waals surface area contributed by atoms with Crippen molar-refractivity contribution in [3.63, 3.8) is 0 Å². The minimum Gasteiger partial charge on any atom is -0.493 e. The highest BCUT2D eigenvalue weighted by atomic mass is 16.5. The molecule has 0 aromatic heterocycles. The van der Waals surface area contributed by atoms with E-state index in [2.05, 4.69) is 5.32 Å². The van der Waals surface area contributed by atoms with Crippen LogP contribution in [0.5, 0.6) is 11.5 Å². The topological polar surface area (TPSA) is 64.6 Å². The Bertz CT molecular complexity index is 828. The minimum absolute atomic E-state index is 0.0995. The van der Waals surface area contributed by atoms with Crippen LogP contribution in [-0.2, 0) is 0 Å². The highest BCUT2D eigenvalue weighted by molar-refractivity contribution is 6.07. The Hall–Kier alpha value is -3.08. The molecule has 0 heterocycles. The fourth-order valence-corrected chi connectivity index (χ4v) is 2.29. The maximum absolute atomic E-state index is 12.4. The lowest BCUT2D eigenvalue weighted by Crippen LogP contribution is -2.14. The summed E-state index contributed by atoms with van der Waals surface area (Å²) < 4.78 is 10.5. The summed E-state index contributed by atoms with van der Waals surface area (Å²) in [6, 6.07) is 11.9. The molecule has 0 spiro atoms. The van der Waals surface area contributed by atoms with Crippen LogP contribution >= 0.6 is 0 Å². The average Bonchev–Trinajstić information content (AvgIpc) is 2.80. The minimum atomic E-state index is -0.377. The summed E-state index contributed by atoms with van der Waals surface area (Å²) in [5, 5.41) is 2.79. The number of carbonyl (C=O) groups is 1. The summed E-state index contributed by atoms with van der Waals surface area (Å²) in [6.07, 6.45) is 2.96. The van der Waals surface area contributed by atoms with E-state index >= 15 is 0 Å². The molecule has 0 atom stereocenters. The molecule has 24 heavy (non-hydrogen) atoms. The third kappa shape index (κ3) is 3.63. The van der Waals surface area contributed by atoms with Crippen LogP contribution in [0.15, 0.2) is 53.3 Å². The van der Waals surface area contributed by atoms with Crippen LogP contribution < -0.4 is 20.2 Å². The van der Waals surface area contributed by atoms with Crippen LogP contribution in [0.1, 0.15) is 15.9 Å². The van der Waals surface area contributed by atoms with Gasteiger partial charge in [-0.25, -0.2) is 0 Å². The smallest absolute Gasteiger partial charge is 0.212 e. The van der Waals surface area contributed by atoms with Gasteiger partial charge in [-0.2, -0.15) is 0 Å². The first-order valence-electron chi connectivity index (χ1n) is 7.37. The lowest BCUT2D eigenvalue weighted by molar-refractivity contribution is 0.104. The van der Waals surface area contributed by atoms with Gasteiger partial charge < -0.3 is 14.8 Å². The van der Waals surface area contributed by atoms with E-state index in [-0.39, 0.29) is 16.8 Å². The molecule has 0 saturated carbocycles. The highest BCUT2D eigenvalue weighted by Crippen LogP contribution is 2.31. The van der Waals surface area contributed by atoms with Crippen LogP contribution in [0, 0.1) is 0 Å². The van der Waals surface area contributed by atoms with Crippen LogP contribution in [-0.4, -0.2) is 27.1 Å². The van der Waals surface area contributed by atoms with Gasteiger partial charge in [0.1, 0.15) is 0 Å². The lowest BCUT2D eigenvalue weighted by atomic mass is 10.1. The van der Waals surface area contributed by atoms with Crippen LogP contribution in [0.3, 0.4) is 0 Å². The number of nitrogens with one attached hydrogen (secondary N) is 1.